The average molecular weight is 414 g/mol. The Morgan fingerprint density at radius 1 is 0.839 bits per heavy atom. The summed E-state index contributed by atoms with van der Waals surface area (Å²) in [5, 5.41) is 9.55. The molecule has 0 fully saturated rings. The normalized spacial score (nSPS) is 11.0. The fourth-order valence-corrected chi connectivity index (χ4v) is 3.08. The van der Waals surface area contributed by atoms with Crippen LogP contribution in [0.4, 0.5) is 0 Å². The van der Waals surface area contributed by atoms with Crippen molar-refractivity contribution in [3.63, 3.8) is 0 Å². The Bertz CT molecular complexity index is 1080. The summed E-state index contributed by atoms with van der Waals surface area (Å²) in [6.45, 7) is 7.43. The third kappa shape index (κ3) is 6.13. The molecule has 0 saturated carbocycles. The number of nitriles is 1. The second kappa shape index (κ2) is 10.9. The number of aryl methyl sites for hydroxylation is 2. The van der Waals surface area contributed by atoms with E-state index in [0.29, 0.717) is 36.9 Å². The van der Waals surface area contributed by atoms with Gasteiger partial charge in [-0.05, 0) is 73.4 Å². The van der Waals surface area contributed by atoms with Crippen LogP contribution in [0.5, 0.6) is 17.2 Å². The number of benzene rings is 3. The molecule has 0 aliphatic carbocycles. The highest BCUT2D eigenvalue weighted by Gasteiger charge is 2.08. The van der Waals surface area contributed by atoms with Crippen molar-refractivity contribution in [2.24, 2.45) is 0 Å². The molecule has 0 bridgehead atoms. The zero-order valence-electron chi connectivity index (χ0n) is 18.2. The first-order valence-corrected chi connectivity index (χ1v) is 10.4. The average Bonchev–Trinajstić information content (AvgIpc) is 2.79. The molecule has 4 nitrogen and oxygen atoms in total. The van der Waals surface area contributed by atoms with Crippen LogP contribution >= 0.6 is 0 Å². The van der Waals surface area contributed by atoms with Gasteiger partial charge in [-0.3, -0.25) is 0 Å². The Labute approximate surface area is 184 Å². The third-order valence-corrected chi connectivity index (χ3v) is 4.87. The summed E-state index contributed by atoms with van der Waals surface area (Å²) in [4.78, 5) is 0. The van der Waals surface area contributed by atoms with Gasteiger partial charge < -0.3 is 14.2 Å². The molecule has 31 heavy (non-hydrogen) atoms. The molecule has 4 heteroatoms. The summed E-state index contributed by atoms with van der Waals surface area (Å²) in [7, 11) is 0. The predicted molar refractivity (Wildman–Crippen MR) is 124 cm³/mol. The summed E-state index contributed by atoms with van der Waals surface area (Å²) < 4.78 is 17.5. The Morgan fingerprint density at radius 2 is 1.61 bits per heavy atom. The monoisotopic (exact) mass is 413 g/mol. The molecule has 3 rings (SSSR count). The number of rotatable bonds is 9. The minimum Gasteiger partial charge on any atom is -0.490 e. The lowest BCUT2D eigenvalue weighted by Gasteiger charge is -2.14. The zero-order chi connectivity index (χ0) is 22.1. The number of allylic oxidation sites excluding steroid dienone is 1. The predicted octanol–water partition coefficient (Wildman–Crippen LogP) is 6.22. The highest BCUT2D eigenvalue weighted by Crippen LogP contribution is 2.30. The van der Waals surface area contributed by atoms with E-state index >= 15 is 0 Å². The van der Waals surface area contributed by atoms with E-state index in [2.05, 4.69) is 26.0 Å². The van der Waals surface area contributed by atoms with Crippen LogP contribution in [0.2, 0.25) is 0 Å². The summed E-state index contributed by atoms with van der Waals surface area (Å²) in [6.07, 6.45) is 1.85. The topological polar surface area (TPSA) is 51.5 Å². The maximum Gasteiger partial charge on any atom is 0.161 e. The van der Waals surface area contributed by atoms with Gasteiger partial charge in [0.25, 0.3) is 0 Å². The second-order valence-electron chi connectivity index (χ2n) is 7.12. The van der Waals surface area contributed by atoms with Gasteiger partial charge in [-0.1, -0.05) is 42.5 Å². The van der Waals surface area contributed by atoms with Crippen LogP contribution in [0.3, 0.4) is 0 Å². The Kier molecular flexibility index (Phi) is 7.73. The molecule has 0 aromatic heterocycles. The number of nitrogens with zero attached hydrogens (tertiary/aromatic N) is 1. The molecule has 3 aromatic carbocycles. The van der Waals surface area contributed by atoms with Gasteiger partial charge in [-0.15, -0.1) is 0 Å². The molecular formula is C27H27NO3. The van der Waals surface area contributed by atoms with Crippen molar-refractivity contribution in [3.05, 3.63) is 89.0 Å². The van der Waals surface area contributed by atoms with Gasteiger partial charge in [0.2, 0.25) is 0 Å². The zero-order valence-corrected chi connectivity index (χ0v) is 18.2. The first-order valence-electron chi connectivity index (χ1n) is 10.4. The summed E-state index contributed by atoms with van der Waals surface area (Å²) in [5.74, 6) is 2.14. The molecule has 0 aliphatic rings. The van der Waals surface area contributed by atoms with Crippen LogP contribution in [-0.4, -0.2) is 19.8 Å². The van der Waals surface area contributed by atoms with E-state index in [1.807, 2.05) is 73.7 Å². The van der Waals surface area contributed by atoms with E-state index in [4.69, 9.17) is 14.2 Å². The maximum atomic E-state index is 9.55. The van der Waals surface area contributed by atoms with E-state index in [0.717, 1.165) is 16.9 Å². The van der Waals surface area contributed by atoms with Crippen molar-refractivity contribution in [1.29, 1.82) is 5.26 Å². The summed E-state index contributed by atoms with van der Waals surface area (Å²) >= 11 is 0. The van der Waals surface area contributed by atoms with Crippen LogP contribution < -0.4 is 14.2 Å². The molecule has 0 amide bonds. The second-order valence-corrected chi connectivity index (χ2v) is 7.12. The van der Waals surface area contributed by atoms with E-state index in [-0.39, 0.29) is 0 Å². The van der Waals surface area contributed by atoms with Gasteiger partial charge in [0.1, 0.15) is 19.0 Å². The fourth-order valence-electron chi connectivity index (χ4n) is 3.08. The fraction of sp³-hybridized carbons (Fsp3) is 0.222. The van der Waals surface area contributed by atoms with Crippen LogP contribution in [-0.2, 0) is 0 Å². The standard InChI is InChI=1S/C27H27NO3/c1-4-29-27-18-22(17-24(19-28)23-8-6-5-7-9-23)11-13-26(27)31-15-14-30-25-12-10-20(2)21(3)16-25/h5-13,16-18H,4,14-15H2,1-3H3/b24-17-. The van der Waals surface area contributed by atoms with Gasteiger partial charge in [-0.25, -0.2) is 0 Å². The molecule has 3 aromatic rings. The molecule has 0 saturated heterocycles. The lowest BCUT2D eigenvalue weighted by Crippen LogP contribution is -2.10. The van der Waals surface area contributed by atoms with Gasteiger partial charge in [0.15, 0.2) is 11.5 Å². The number of hydrogen-bond acceptors (Lipinski definition) is 4. The largest absolute Gasteiger partial charge is 0.490 e. The molecule has 0 spiro atoms. The van der Waals surface area contributed by atoms with Crippen molar-refractivity contribution in [2.75, 3.05) is 19.8 Å². The summed E-state index contributed by atoms with van der Waals surface area (Å²) in [6, 6.07) is 23.6. The SMILES string of the molecule is CCOc1cc(/C=C(/C#N)c2ccccc2)ccc1OCCOc1ccc(C)c(C)c1. The van der Waals surface area contributed by atoms with Crippen molar-refractivity contribution in [2.45, 2.75) is 20.8 Å². The maximum absolute atomic E-state index is 9.55. The Balaban J connectivity index is 1.68. The molecule has 0 radical (unpaired) electrons. The van der Waals surface area contributed by atoms with E-state index in [1.54, 1.807) is 0 Å². The highest BCUT2D eigenvalue weighted by atomic mass is 16.5. The number of ether oxygens (including phenoxy) is 3. The van der Waals surface area contributed by atoms with Crippen LogP contribution in [0.15, 0.2) is 66.7 Å². The molecule has 0 N–H and O–H groups in total. The van der Waals surface area contributed by atoms with Gasteiger partial charge in [-0.2, -0.15) is 5.26 Å². The smallest absolute Gasteiger partial charge is 0.161 e. The Morgan fingerprint density at radius 3 is 2.32 bits per heavy atom. The Hall–Kier alpha value is -3.71. The lowest BCUT2D eigenvalue weighted by atomic mass is 10.0. The first-order chi connectivity index (χ1) is 15.1. The molecule has 0 atom stereocenters. The third-order valence-electron chi connectivity index (χ3n) is 4.87. The molecule has 0 aliphatic heterocycles. The molecule has 0 heterocycles. The first kappa shape index (κ1) is 22.0. The molecule has 158 valence electrons. The van der Waals surface area contributed by atoms with Crippen molar-refractivity contribution in [3.8, 4) is 23.3 Å². The lowest BCUT2D eigenvalue weighted by molar-refractivity contribution is 0.208. The van der Waals surface area contributed by atoms with Gasteiger partial charge >= 0.3 is 0 Å². The summed E-state index contributed by atoms with van der Waals surface area (Å²) in [5.41, 5.74) is 4.80. The van der Waals surface area contributed by atoms with Gasteiger partial charge in [0.05, 0.1) is 18.2 Å². The molecule has 0 unspecified atom stereocenters. The van der Waals surface area contributed by atoms with E-state index < -0.39 is 0 Å². The number of hydrogen-bond donors (Lipinski definition) is 0. The van der Waals surface area contributed by atoms with Crippen molar-refractivity contribution in [1.82, 2.24) is 0 Å². The molecular weight excluding hydrogens is 386 g/mol. The van der Waals surface area contributed by atoms with Crippen molar-refractivity contribution >= 4 is 11.6 Å². The van der Waals surface area contributed by atoms with E-state index in [1.165, 1.54) is 11.1 Å². The van der Waals surface area contributed by atoms with Gasteiger partial charge in [0, 0.05) is 0 Å². The minimum absolute atomic E-state index is 0.398. The van der Waals surface area contributed by atoms with E-state index in [9.17, 15) is 5.26 Å². The van der Waals surface area contributed by atoms with Crippen LogP contribution in [0, 0.1) is 25.2 Å². The van der Waals surface area contributed by atoms with Crippen molar-refractivity contribution < 1.29 is 14.2 Å². The highest BCUT2D eigenvalue weighted by molar-refractivity contribution is 5.89. The van der Waals surface area contributed by atoms with Crippen LogP contribution in [0.1, 0.15) is 29.2 Å². The quantitative estimate of drug-likeness (QED) is 0.237. The minimum atomic E-state index is 0.398. The van der Waals surface area contributed by atoms with Crippen LogP contribution in [0.25, 0.3) is 11.6 Å².